The smallest absolute Gasteiger partial charge is 0.303 e. The topological polar surface area (TPSA) is 37.3 Å². The second-order valence-electron chi connectivity index (χ2n) is 8.42. The van der Waals surface area contributed by atoms with Crippen molar-refractivity contribution in [2.45, 2.75) is 87.0 Å². The molecular weight excluding hydrogens is 248 g/mol. The average molecular weight is 284 g/mol. The third-order valence-corrected chi connectivity index (χ3v) is 4.11. The molecule has 2 heteroatoms. The Bertz CT molecular complexity index is 286. The largest absolute Gasteiger partial charge is 0.481 e. The molecule has 0 heterocycles. The van der Waals surface area contributed by atoms with Crippen molar-refractivity contribution in [1.82, 2.24) is 0 Å². The van der Waals surface area contributed by atoms with Gasteiger partial charge >= 0.3 is 5.97 Å². The summed E-state index contributed by atoms with van der Waals surface area (Å²) in [5.74, 6) is 0.223. The summed E-state index contributed by atoms with van der Waals surface area (Å²) in [6.45, 7) is 15.9. The highest BCUT2D eigenvalue weighted by molar-refractivity contribution is 5.67. The summed E-state index contributed by atoms with van der Waals surface area (Å²) in [5, 5.41) is 9.14. The molecule has 0 aromatic carbocycles. The van der Waals surface area contributed by atoms with Gasteiger partial charge in [-0.15, -0.1) is 0 Å². The number of rotatable bonds is 9. The molecule has 0 radical (unpaired) electrons. The first-order valence-corrected chi connectivity index (χ1v) is 8.22. The Balaban J connectivity index is 4.82. The molecule has 2 unspecified atom stereocenters. The zero-order valence-corrected chi connectivity index (χ0v) is 14.8. The van der Waals surface area contributed by atoms with Crippen molar-refractivity contribution >= 4 is 5.97 Å². The van der Waals surface area contributed by atoms with Gasteiger partial charge in [-0.1, -0.05) is 61.3 Å². The standard InChI is InChI=1S/C18H36O2/c1-8-10-15(11-16(19)20)14(9-2)12-18(6,7)13-17(3,4)5/h14-15H,8-13H2,1-7H3,(H,19,20). The molecule has 1 N–H and O–H groups in total. The molecule has 0 aromatic heterocycles. The summed E-state index contributed by atoms with van der Waals surface area (Å²) < 4.78 is 0. The Morgan fingerprint density at radius 2 is 1.60 bits per heavy atom. The van der Waals surface area contributed by atoms with Crippen LogP contribution < -0.4 is 0 Å². The first-order chi connectivity index (χ1) is 9.00. The molecule has 20 heavy (non-hydrogen) atoms. The van der Waals surface area contributed by atoms with Gasteiger partial charge in [0.05, 0.1) is 0 Å². The van der Waals surface area contributed by atoms with E-state index in [4.69, 9.17) is 5.11 Å². The van der Waals surface area contributed by atoms with Gasteiger partial charge in [0.15, 0.2) is 0 Å². The maximum absolute atomic E-state index is 11.1. The predicted molar refractivity (Wildman–Crippen MR) is 86.9 cm³/mol. The van der Waals surface area contributed by atoms with Crippen molar-refractivity contribution in [3.05, 3.63) is 0 Å². The van der Waals surface area contributed by atoms with E-state index in [-0.39, 0.29) is 5.41 Å². The van der Waals surface area contributed by atoms with Crippen LogP contribution in [0.2, 0.25) is 0 Å². The molecule has 0 amide bonds. The van der Waals surface area contributed by atoms with E-state index < -0.39 is 5.97 Å². The number of hydrogen-bond donors (Lipinski definition) is 1. The Morgan fingerprint density at radius 1 is 1.05 bits per heavy atom. The lowest BCUT2D eigenvalue weighted by Gasteiger charge is -2.37. The van der Waals surface area contributed by atoms with Gasteiger partial charge in [0, 0.05) is 6.42 Å². The summed E-state index contributed by atoms with van der Waals surface area (Å²) >= 11 is 0. The molecule has 0 saturated carbocycles. The second kappa shape index (κ2) is 8.05. The summed E-state index contributed by atoms with van der Waals surface area (Å²) in [5.41, 5.74) is 0.609. The normalized spacial score (nSPS) is 15.9. The predicted octanol–water partition coefficient (Wildman–Crippen LogP) is 5.76. The molecule has 0 bridgehead atoms. The highest BCUT2D eigenvalue weighted by Gasteiger charge is 2.31. The molecule has 0 saturated heterocycles. The minimum Gasteiger partial charge on any atom is -0.481 e. The fraction of sp³-hybridized carbons (Fsp3) is 0.944. The number of carbonyl (C=O) groups is 1. The van der Waals surface area contributed by atoms with Crippen LogP contribution in [0.4, 0.5) is 0 Å². The molecule has 0 aromatic rings. The van der Waals surface area contributed by atoms with Crippen LogP contribution in [0.3, 0.4) is 0 Å². The molecule has 0 rings (SSSR count). The highest BCUT2D eigenvalue weighted by Crippen LogP contribution is 2.41. The van der Waals surface area contributed by atoms with Crippen LogP contribution in [-0.4, -0.2) is 11.1 Å². The molecule has 0 aliphatic rings. The van der Waals surface area contributed by atoms with Crippen LogP contribution in [0.15, 0.2) is 0 Å². The van der Waals surface area contributed by atoms with E-state index in [1.54, 1.807) is 0 Å². The number of aliphatic carboxylic acids is 1. The van der Waals surface area contributed by atoms with E-state index in [1.807, 2.05) is 0 Å². The fourth-order valence-corrected chi connectivity index (χ4v) is 3.96. The first kappa shape index (κ1) is 19.5. The van der Waals surface area contributed by atoms with Crippen LogP contribution in [0, 0.1) is 22.7 Å². The van der Waals surface area contributed by atoms with Gasteiger partial charge < -0.3 is 5.11 Å². The molecule has 0 spiro atoms. The lowest BCUT2D eigenvalue weighted by molar-refractivity contribution is -0.138. The van der Waals surface area contributed by atoms with E-state index in [9.17, 15) is 4.79 Å². The monoisotopic (exact) mass is 284 g/mol. The SMILES string of the molecule is CCCC(CC(=O)O)C(CC)CC(C)(C)CC(C)(C)C. The Hall–Kier alpha value is -0.530. The van der Waals surface area contributed by atoms with Crippen molar-refractivity contribution in [1.29, 1.82) is 0 Å². The maximum atomic E-state index is 11.1. The van der Waals surface area contributed by atoms with Crippen LogP contribution in [-0.2, 0) is 4.79 Å². The van der Waals surface area contributed by atoms with Crippen LogP contribution in [0.5, 0.6) is 0 Å². The first-order valence-electron chi connectivity index (χ1n) is 8.22. The van der Waals surface area contributed by atoms with Gasteiger partial charge in [-0.3, -0.25) is 4.79 Å². The summed E-state index contributed by atoms with van der Waals surface area (Å²) in [6, 6.07) is 0. The van der Waals surface area contributed by atoms with Gasteiger partial charge in [-0.2, -0.15) is 0 Å². The second-order valence-corrected chi connectivity index (χ2v) is 8.42. The molecular formula is C18H36O2. The van der Waals surface area contributed by atoms with Crippen molar-refractivity contribution in [2.24, 2.45) is 22.7 Å². The quantitative estimate of drug-likeness (QED) is 0.584. The summed E-state index contributed by atoms with van der Waals surface area (Å²) in [4.78, 5) is 11.1. The van der Waals surface area contributed by atoms with Crippen LogP contribution >= 0.6 is 0 Å². The van der Waals surface area contributed by atoms with Gasteiger partial charge in [0.1, 0.15) is 0 Å². The summed E-state index contributed by atoms with van der Waals surface area (Å²) in [6.07, 6.45) is 5.86. The van der Waals surface area contributed by atoms with E-state index in [2.05, 4.69) is 48.5 Å². The molecule has 120 valence electrons. The third-order valence-electron chi connectivity index (χ3n) is 4.11. The average Bonchev–Trinajstić information content (AvgIpc) is 2.21. The number of carboxylic acid groups (broad SMARTS) is 1. The molecule has 0 fully saturated rings. The maximum Gasteiger partial charge on any atom is 0.303 e. The van der Waals surface area contributed by atoms with Gasteiger partial charge in [0.25, 0.3) is 0 Å². The molecule has 2 nitrogen and oxygen atoms in total. The van der Waals surface area contributed by atoms with E-state index in [0.717, 1.165) is 25.7 Å². The Morgan fingerprint density at radius 3 is 1.95 bits per heavy atom. The van der Waals surface area contributed by atoms with Crippen molar-refractivity contribution in [2.75, 3.05) is 0 Å². The number of hydrogen-bond acceptors (Lipinski definition) is 1. The van der Waals surface area contributed by atoms with Crippen molar-refractivity contribution in [3.8, 4) is 0 Å². The Labute approximate surface area is 126 Å². The van der Waals surface area contributed by atoms with E-state index in [0.29, 0.717) is 23.7 Å². The van der Waals surface area contributed by atoms with Gasteiger partial charge in [0.2, 0.25) is 0 Å². The van der Waals surface area contributed by atoms with Crippen LogP contribution in [0.25, 0.3) is 0 Å². The molecule has 2 atom stereocenters. The summed E-state index contributed by atoms with van der Waals surface area (Å²) in [7, 11) is 0. The molecule has 0 aliphatic carbocycles. The van der Waals surface area contributed by atoms with Crippen molar-refractivity contribution in [3.63, 3.8) is 0 Å². The fourth-order valence-electron chi connectivity index (χ4n) is 3.96. The van der Waals surface area contributed by atoms with Crippen molar-refractivity contribution < 1.29 is 9.90 Å². The van der Waals surface area contributed by atoms with Gasteiger partial charge in [-0.25, -0.2) is 0 Å². The lowest BCUT2D eigenvalue weighted by Crippen LogP contribution is -2.27. The van der Waals surface area contributed by atoms with E-state index in [1.165, 1.54) is 6.42 Å². The third kappa shape index (κ3) is 8.60. The van der Waals surface area contributed by atoms with Crippen LogP contribution in [0.1, 0.15) is 87.0 Å². The minimum atomic E-state index is -0.643. The molecule has 0 aliphatic heterocycles. The Kier molecular flexibility index (Phi) is 7.83. The lowest BCUT2D eigenvalue weighted by atomic mass is 9.68. The van der Waals surface area contributed by atoms with E-state index >= 15 is 0 Å². The number of carboxylic acids is 1. The zero-order chi connectivity index (χ0) is 16.0. The highest BCUT2D eigenvalue weighted by atomic mass is 16.4. The van der Waals surface area contributed by atoms with Gasteiger partial charge in [-0.05, 0) is 41.9 Å². The zero-order valence-electron chi connectivity index (χ0n) is 14.8. The minimum absolute atomic E-state index is 0.281.